The van der Waals surface area contributed by atoms with Gasteiger partial charge in [-0.15, -0.1) is 0 Å². The summed E-state index contributed by atoms with van der Waals surface area (Å²) in [6, 6.07) is 14.5. The van der Waals surface area contributed by atoms with Crippen LogP contribution in [-0.4, -0.2) is 83.9 Å². The normalized spacial score (nSPS) is 18.6. The van der Waals surface area contributed by atoms with Crippen molar-refractivity contribution in [2.24, 2.45) is 5.92 Å². The maximum absolute atomic E-state index is 13.3. The second-order valence-corrected chi connectivity index (χ2v) is 10.4. The van der Waals surface area contributed by atoms with Crippen LogP contribution in [0.2, 0.25) is 0 Å². The summed E-state index contributed by atoms with van der Waals surface area (Å²) in [6.07, 6.45) is 3.68. The van der Waals surface area contributed by atoms with Crippen LogP contribution in [0.1, 0.15) is 47.2 Å². The number of rotatable bonds is 9. The maximum atomic E-state index is 13.3. The third-order valence-electron chi connectivity index (χ3n) is 7.61. The minimum atomic E-state index is -1.04. The van der Waals surface area contributed by atoms with Crippen LogP contribution in [0.4, 0.5) is 5.69 Å². The van der Waals surface area contributed by atoms with Crippen molar-refractivity contribution in [3.05, 3.63) is 65.2 Å². The number of hydrogen-bond acceptors (Lipinski definition) is 5. The monoisotopic (exact) mass is 506 g/mol. The van der Waals surface area contributed by atoms with E-state index in [1.807, 2.05) is 49.5 Å². The predicted molar refractivity (Wildman–Crippen MR) is 143 cm³/mol. The van der Waals surface area contributed by atoms with Crippen LogP contribution in [0.25, 0.3) is 0 Å². The van der Waals surface area contributed by atoms with Gasteiger partial charge in [-0.1, -0.05) is 36.4 Å². The summed E-state index contributed by atoms with van der Waals surface area (Å²) in [5.74, 6) is -0.704. The van der Waals surface area contributed by atoms with E-state index < -0.39 is 12.0 Å². The van der Waals surface area contributed by atoms with Crippen molar-refractivity contribution >= 4 is 23.5 Å². The Morgan fingerprint density at radius 3 is 2.54 bits per heavy atom. The highest BCUT2D eigenvalue weighted by Crippen LogP contribution is 2.27. The zero-order chi connectivity index (χ0) is 26.4. The van der Waals surface area contributed by atoms with Gasteiger partial charge in [0.05, 0.1) is 6.42 Å². The highest BCUT2D eigenvalue weighted by Gasteiger charge is 2.31. The van der Waals surface area contributed by atoms with Gasteiger partial charge in [0.2, 0.25) is 5.91 Å². The van der Waals surface area contributed by atoms with E-state index in [0.717, 1.165) is 30.6 Å². The van der Waals surface area contributed by atoms with Gasteiger partial charge in [-0.2, -0.15) is 0 Å². The van der Waals surface area contributed by atoms with Gasteiger partial charge >= 0.3 is 5.97 Å². The van der Waals surface area contributed by atoms with Crippen LogP contribution in [0.15, 0.2) is 48.5 Å². The van der Waals surface area contributed by atoms with E-state index in [1.165, 1.54) is 12.8 Å². The fourth-order valence-corrected chi connectivity index (χ4v) is 5.19. The number of carboxylic acid groups (broad SMARTS) is 1. The molecule has 8 nitrogen and oxygen atoms in total. The highest BCUT2D eigenvalue weighted by molar-refractivity contribution is 5.96. The number of anilines is 1. The molecule has 2 aromatic rings. The number of fused-ring (bicyclic) bond motifs is 1. The second-order valence-electron chi connectivity index (χ2n) is 10.4. The summed E-state index contributed by atoms with van der Waals surface area (Å²) in [5.41, 5.74) is 3.18. The molecule has 0 spiro atoms. The van der Waals surface area contributed by atoms with Gasteiger partial charge in [-0.3, -0.25) is 14.4 Å². The Labute approximate surface area is 219 Å². The number of nitrogens with zero attached hydrogens (tertiary/aromatic N) is 3. The molecule has 2 amide bonds. The van der Waals surface area contributed by atoms with E-state index in [-0.39, 0.29) is 18.2 Å². The first-order valence-corrected chi connectivity index (χ1v) is 13.2. The molecule has 1 saturated heterocycles. The molecule has 8 heteroatoms. The van der Waals surface area contributed by atoms with Crippen LogP contribution in [-0.2, 0) is 22.6 Å². The minimum Gasteiger partial charge on any atom is -0.481 e. The van der Waals surface area contributed by atoms with E-state index in [4.69, 9.17) is 0 Å². The number of amides is 2. The molecule has 1 atom stereocenters. The Morgan fingerprint density at radius 2 is 1.84 bits per heavy atom. The highest BCUT2D eigenvalue weighted by atomic mass is 16.4. The van der Waals surface area contributed by atoms with Crippen molar-refractivity contribution in [1.82, 2.24) is 14.7 Å². The molecular formula is C29H38N4O4. The number of carbonyl (C=O) groups excluding carboxylic acids is 2. The van der Waals surface area contributed by atoms with Crippen molar-refractivity contribution < 1.29 is 19.5 Å². The van der Waals surface area contributed by atoms with Gasteiger partial charge in [0.15, 0.2) is 0 Å². The van der Waals surface area contributed by atoms with Crippen LogP contribution >= 0.6 is 0 Å². The Morgan fingerprint density at radius 1 is 1.11 bits per heavy atom. The van der Waals surface area contributed by atoms with Crippen LogP contribution in [0.5, 0.6) is 0 Å². The van der Waals surface area contributed by atoms with Crippen molar-refractivity contribution in [1.29, 1.82) is 0 Å². The molecule has 4 rings (SSSR count). The van der Waals surface area contributed by atoms with E-state index >= 15 is 0 Å². The quantitative estimate of drug-likeness (QED) is 0.542. The first kappa shape index (κ1) is 26.7. The van der Waals surface area contributed by atoms with E-state index in [1.54, 1.807) is 15.9 Å². The number of hydrogen-bond donors (Lipinski definition) is 2. The molecule has 2 aliphatic heterocycles. The molecule has 1 unspecified atom stereocenters. The van der Waals surface area contributed by atoms with Crippen molar-refractivity contribution in [3.63, 3.8) is 0 Å². The molecule has 0 aromatic heterocycles. The molecule has 0 radical (unpaired) electrons. The zero-order valence-electron chi connectivity index (χ0n) is 21.9. The van der Waals surface area contributed by atoms with Crippen molar-refractivity contribution in [2.75, 3.05) is 45.6 Å². The summed E-state index contributed by atoms with van der Waals surface area (Å²) in [6.45, 7) is 3.77. The van der Waals surface area contributed by atoms with Crippen LogP contribution in [0, 0.1) is 5.92 Å². The topological polar surface area (TPSA) is 93.2 Å². The SMILES string of the molecule is CN1CCC(CCN(C)C(=O)c2ccc3c(c2)NC(CC(=O)O)C(=O)N(CCc2ccccc2)C3)CC1. The Bertz CT molecular complexity index is 1100. The molecule has 2 heterocycles. The molecule has 0 bridgehead atoms. The first-order valence-electron chi connectivity index (χ1n) is 13.2. The largest absolute Gasteiger partial charge is 0.481 e. The molecule has 2 aliphatic rings. The fraction of sp³-hybridized carbons (Fsp3) is 0.483. The number of aliphatic carboxylic acids is 1. The van der Waals surface area contributed by atoms with Crippen molar-refractivity contribution in [3.8, 4) is 0 Å². The Balaban J connectivity index is 1.46. The van der Waals surface area contributed by atoms with Crippen LogP contribution in [0.3, 0.4) is 0 Å². The van der Waals surface area contributed by atoms with E-state index in [2.05, 4.69) is 17.3 Å². The molecule has 0 aliphatic carbocycles. The van der Waals surface area contributed by atoms with E-state index in [9.17, 15) is 19.5 Å². The third kappa shape index (κ3) is 7.10. The maximum Gasteiger partial charge on any atom is 0.305 e. The smallest absolute Gasteiger partial charge is 0.305 e. The lowest BCUT2D eigenvalue weighted by Crippen LogP contribution is -2.42. The molecule has 1 fully saturated rings. The lowest BCUT2D eigenvalue weighted by atomic mass is 9.93. The first-order chi connectivity index (χ1) is 17.8. The average molecular weight is 507 g/mol. The molecule has 2 N–H and O–H groups in total. The number of likely N-dealkylation sites (tertiary alicyclic amines) is 1. The number of nitrogens with one attached hydrogen (secondary N) is 1. The summed E-state index contributed by atoms with van der Waals surface area (Å²) in [7, 11) is 3.98. The molecule has 2 aromatic carbocycles. The van der Waals surface area contributed by atoms with Crippen LogP contribution < -0.4 is 5.32 Å². The van der Waals surface area contributed by atoms with Gasteiger partial charge < -0.3 is 25.1 Å². The zero-order valence-corrected chi connectivity index (χ0v) is 21.9. The lowest BCUT2D eigenvalue weighted by Gasteiger charge is -2.30. The number of carboxylic acids is 1. The van der Waals surface area contributed by atoms with E-state index in [0.29, 0.717) is 43.2 Å². The lowest BCUT2D eigenvalue weighted by molar-refractivity contribution is -0.141. The number of piperidine rings is 1. The Hall–Kier alpha value is -3.39. The number of carbonyl (C=O) groups is 3. The van der Waals surface area contributed by atoms with Gasteiger partial charge in [0.1, 0.15) is 6.04 Å². The summed E-state index contributed by atoms with van der Waals surface area (Å²) < 4.78 is 0. The third-order valence-corrected chi connectivity index (χ3v) is 7.61. The molecular weight excluding hydrogens is 468 g/mol. The molecule has 198 valence electrons. The fourth-order valence-electron chi connectivity index (χ4n) is 5.19. The molecule has 0 saturated carbocycles. The van der Waals surface area contributed by atoms with Gasteiger partial charge in [0, 0.05) is 37.9 Å². The predicted octanol–water partition coefficient (Wildman–Crippen LogP) is 3.33. The van der Waals surface area contributed by atoms with Gasteiger partial charge in [-0.25, -0.2) is 0 Å². The summed E-state index contributed by atoms with van der Waals surface area (Å²) >= 11 is 0. The molecule has 37 heavy (non-hydrogen) atoms. The standard InChI is InChI=1S/C29H38N4O4/c1-31-14-10-22(11-15-31)12-16-32(2)28(36)23-8-9-24-20-33(17-13-21-6-4-3-5-7-21)29(37)26(19-27(34)35)30-25(24)18-23/h3-9,18,22,26,30H,10-17,19-20H2,1-2H3,(H,34,35). The number of benzene rings is 2. The Kier molecular flexibility index (Phi) is 8.82. The van der Waals surface area contributed by atoms with Crippen molar-refractivity contribution in [2.45, 2.75) is 44.7 Å². The summed E-state index contributed by atoms with van der Waals surface area (Å²) in [4.78, 5) is 43.8. The van der Waals surface area contributed by atoms with Gasteiger partial charge in [-0.05, 0) is 75.0 Å². The average Bonchev–Trinajstić information content (AvgIpc) is 3.02. The van der Waals surface area contributed by atoms with Gasteiger partial charge in [0.25, 0.3) is 5.91 Å². The minimum absolute atomic E-state index is 0.0659. The summed E-state index contributed by atoms with van der Waals surface area (Å²) in [5, 5.41) is 12.6. The second kappa shape index (κ2) is 12.2.